The van der Waals surface area contributed by atoms with E-state index >= 15 is 0 Å². The average molecular weight is 1020 g/mol. The zero-order valence-electron chi connectivity index (χ0n) is 43.2. The zero-order valence-corrected chi connectivity index (χ0v) is 43.2. The molecule has 0 radical (unpaired) electrons. The van der Waals surface area contributed by atoms with Gasteiger partial charge in [0.15, 0.2) is 24.8 Å². The fourth-order valence-corrected chi connectivity index (χ4v) is 13.3. The molecule has 0 saturated heterocycles. The van der Waals surface area contributed by atoms with Gasteiger partial charge < -0.3 is 0 Å². The van der Waals surface area contributed by atoms with Crippen LogP contribution in [-0.4, -0.2) is 23.6 Å². The second-order valence-electron chi connectivity index (χ2n) is 21.5. The van der Waals surface area contributed by atoms with Gasteiger partial charge in [0.05, 0.1) is 44.4 Å². The lowest BCUT2D eigenvalue weighted by atomic mass is 9.85. The molecule has 0 unspecified atom stereocenters. The molecule has 2 aromatic heterocycles. The van der Waals surface area contributed by atoms with Crippen molar-refractivity contribution in [2.75, 3.05) is 9.80 Å². The quantitative estimate of drug-likeness (QED) is 0.0944. The Morgan fingerprint density at radius 3 is 1.18 bits per heavy atom. The second kappa shape index (κ2) is 19.4. The summed E-state index contributed by atoms with van der Waals surface area (Å²) in [5, 5.41) is 2.83. The van der Waals surface area contributed by atoms with Gasteiger partial charge in [0.2, 0.25) is 11.4 Å². The smallest absolute Gasteiger partial charge is 0.266 e. The van der Waals surface area contributed by atoms with Crippen molar-refractivity contribution in [3.05, 3.63) is 237 Å². The number of carbonyl (C=O) groups is 4. The topological polar surface area (TPSA) is 82.5 Å². The van der Waals surface area contributed by atoms with E-state index < -0.39 is 0 Å². The Morgan fingerprint density at radius 1 is 0.372 bits per heavy atom. The highest BCUT2D eigenvalue weighted by molar-refractivity contribution is 6.37. The molecular weight excluding hydrogens is 961 g/mol. The van der Waals surface area contributed by atoms with Crippen LogP contribution in [-0.2, 0) is 12.8 Å². The molecule has 2 saturated carbocycles. The van der Waals surface area contributed by atoms with Crippen LogP contribution in [0.15, 0.2) is 170 Å². The fourth-order valence-electron chi connectivity index (χ4n) is 13.3. The number of nitrogens with zero attached hydrogens (tertiary/aromatic N) is 4. The standard InChI is InChI=1S/C70H54N4O4/c75-67-59-29-15-27-57-63(59)61(69(77)73(67)53-23-13-21-49(41-53)45-17-3-4-18-45)43-51(65(57)71-37-9-1-10-38-71)35-33-47-31-32-48(56-26-8-7-25-55(47)56)34-36-52-44-62-64-58(66(52)72-39-11-2-12-40-72)28-16-30-60(64)68(76)74(70(62)78)54-24-14-22-50(42-54)46-19-5-6-20-46/h1-2,9-16,21-24,27-32,37-46H,3-8,17-20,25-26H2/q+2. The summed E-state index contributed by atoms with van der Waals surface area (Å²) in [6.45, 7) is 0. The van der Waals surface area contributed by atoms with Gasteiger partial charge in [0, 0.05) is 57.3 Å². The lowest BCUT2D eigenvalue weighted by molar-refractivity contribution is -0.594. The number of fused-ring (bicyclic) bond motifs is 1. The highest BCUT2D eigenvalue weighted by Crippen LogP contribution is 2.42. The third-order valence-corrected chi connectivity index (χ3v) is 17.1. The van der Waals surface area contributed by atoms with E-state index in [1.807, 2.05) is 155 Å². The molecule has 0 spiro atoms. The maximum atomic E-state index is 14.9. The summed E-state index contributed by atoms with van der Waals surface area (Å²) in [5.74, 6) is 13.8. The maximum absolute atomic E-state index is 14.9. The van der Waals surface area contributed by atoms with Crippen LogP contribution in [0.2, 0.25) is 0 Å². The molecule has 14 rings (SSSR count). The molecule has 0 N–H and O–H groups in total. The normalized spacial score (nSPS) is 16.1. The van der Waals surface area contributed by atoms with Crippen molar-refractivity contribution >= 4 is 56.5 Å². The van der Waals surface area contributed by atoms with E-state index in [0.29, 0.717) is 67.4 Å². The summed E-state index contributed by atoms with van der Waals surface area (Å²) in [7, 11) is 0. The van der Waals surface area contributed by atoms with E-state index in [0.717, 1.165) is 95.8 Å². The highest BCUT2D eigenvalue weighted by Gasteiger charge is 2.39. The van der Waals surface area contributed by atoms with E-state index in [1.54, 1.807) is 0 Å². The van der Waals surface area contributed by atoms with Crippen molar-refractivity contribution in [3.8, 4) is 35.1 Å². The van der Waals surface area contributed by atoms with Gasteiger partial charge in [-0.3, -0.25) is 19.2 Å². The molecule has 9 aromatic rings. The number of hydrogen-bond donors (Lipinski definition) is 0. The SMILES string of the molecule is O=C1c2cccc3c(-[n+]4ccccc4)c(C#Cc4ccc(C#Cc5cc6c7c(cccc7c5-[n+]5ccccc5)C(=O)N(c5cccc(C7CCCC7)c5)C6=O)c5c4CCCC5)cc(c23)C(=O)N1c1cccc(C2CCCC2)c1. The van der Waals surface area contributed by atoms with Crippen LogP contribution in [0.1, 0.15) is 162 Å². The number of anilines is 2. The molecule has 5 aliphatic rings. The van der Waals surface area contributed by atoms with Crippen LogP contribution in [0.25, 0.3) is 32.9 Å². The molecule has 2 aliphatic heterocycles. The molecule has 0 atom stereocenters. The molecule has 7 aromatic carbocycles. The van der Waals surface area contributed by atoms with Crippen molar-refractivity contribution in [1.82, 2.24) is 0 Å². The van der Waals surface area contributed by atoms with Crippen LogP contribution < -0.4 is 18.9 Å². The molecule has 376 valence electrons. The summed E-state index contributed by atoms with van der Waals surface area (Å²) >= 11 is 0. The van der Waals surface area contributed by atoms with E-state index in [-0.39, 0.29) is 23.6 Å². The first-order chi connectivity index (χ1) is 38.4. The van der Waals surface area contributed by atoms with Crippen molar-refractivity contribution in [2.45, 2.75) is 88.9 Å². The minimum atomic E-state index is -0.357. The number of rotatable bonds is 6. The number of imide groups is 2. The molecule has 0 bridgehead atoms. The summed E-state index contributed by atoms with van der Waals surface area (Å²) in [6, 6.07) is 47.1. The molecule has 78 heavy (non-hydrogen) atoms. The van der Waals surface area contributed by atoms with E-state index in [1.165, 1.54) is 46.6 Å². The van der Waals surface area contributed by atoms with Crippen LogP contribution in [0.5, 0.6) is 0 Å². The van der Waals surface area contributed by atoms with E-state index in [9.17, 15) is 19.2 Å². The highest BCUT2D eigenvalue weighted by atomic mass is 16.2. The van der Waals surface area contributed by atoms with Crippen LogP contribution in [0, 0.1) is 23.7 Å². The fraction of sp³-hybridized carbons (Fsp3) is 0.200. The Bertz CT molecular complexity index is 3900. The van der Waals surface area contributed by atoms with Crippen molar-refractivity contribution in [3.63, 3.8) is 0 Å². The van der Waals surface area contributed by atoms with Gasteiger partial charge in [0.1, 0.15) is 0 Å². The number of carbonyl (C=O) groups excluding carboxylic acids is 4. The maximum Gasteiger partial charge on any atom is 0.266 e. The van der Waals surface area contributed by atoms with Gasteiger partial charge in [-0.05, 0) is 158 Å². The number of hydrogen-bond acceptors (Lipinski definition) is 4. The Balaban J connectivity index is 0.874. The second-order valence-corrected chi connectivity index (χ2v) is 21.5. The van der Waals surface area contributed by atoms with Crippen molar-refractivity contribution in [1.29, 1.82) is 0 Å². The molecule has 3 aliphatic carbocycles. The molecule has 2 fully saturated rings. The van der Waals surface area contributed by atoms with Crippen molar-refractivity contribution < 1.29 is 28.3 Å². The lowest BCUT2D eigenvalue weighted by Gasteiger charge is -2.28. The molecule has 8 nitrogen and oxygen atoms in total. The molecule has 4 amide bonds. The lowest BCUT2D eigenvalue weighted by Crippen LogP contribution is -2.41. The Labute approximate surface area is 453 Å². The summed E-state index contributed by atoms with van der Waals surface area (Å²) < 4.78 is 4.05. The van der Waals surface area contributed by atoms with E-state index in [4.69, 9.17) is 0 Å². The Kier molecular flexibility index (Phi) is 11.7. The first-order valence-corrected chi connectivity index (χ1v) is 27.7. The summed E-state index contributed by atoms with van der Waals surface area (Å²) in [4.78, 5) is 61.5. The third-order valence-electron chi connectivity index (χ3n) is 17.1. The van der Waals surface area contributed by atoms with Crippen LogP contribution in [0.4, 0.5) is 11.4 Å². The monoisotopic (exact) mass is 1010 g/mol. The summed E-state index contributed by atoms with van der Waals surface area (Å²) in [6.07, 6.45) is 20.8. The van der Waals surface area contributed by atoms with Gasteiger partial charge >= 0.3 is 0 Å². The minimum Gasteiger partial charge on any atom is -0.268 e. The third kappa shape index (κ3) is 7.93. The van der Waals surface area contributed by atoms with Gasteiger partial charge in [-0.15, -0.1) is 0 Å². The Hall–Kier alpha value is -9.24. The van der Waals surface area contributed by atoms with Gasteiger partial charge in [0.25, 0.3) is 23.6 Å². The first-order valence-electron chi connectivity index (χ1n) is 27.7. The molecular formula is C70H54N4O4+2. The first kappa shape index (κ1) is 47.2. The van der Waals surface area contributed by atoms with Crippen LogP contribution in [0.3, 0.4) is 0 Å². The Morgan fingerprint density at radius 2 is 0.756 bits per heavy atom. The predicted octanol–water partition coefficient (Wildman–Crippen LogP) is 13.1. The largest absolute Gasteiger partial charge is 0.268 e. The average Bonchev–Trinajstić information content (AvgIpc) is 4.33. The number of pyridine rings is 2. The predicted molar refractivity (Wildman–Crippen MR) is 304 cm³/mol. The zero-order chi connectivity index (χ0) is 52.4. The minimum absolute atomic E-state index is 0.328. The molecule has 4 heterocycles. The van der Waals surface area contributed by atoms with E-state index in [2.05, 4.69) is 47.9 Å². The summed E-state index contributed by atoms with van der Waals surface area (Å²) in [5.41, 5.74) is 12.5. The number of amides is 4. The van der Waals surface area contributed by atoms with Gasteiger partial charge in [-0.2, -0.15) is 9.13 Å². The van der Waals surface area contributed by atoms with Crippen LogP contribution >= 0.6 is 0 Å². The van der Waals surface area contributed by atoms with Gasteiger partial charge in [-0.25, -0.2) is 9.80 Å². The van der Waals surface area contributed by atoms with Crippen molar-refractivity contribution in [2.24, 2.45) is 0 Å². The molecule has 8 heteroatoms. The number of benzene rings is 7. The number of aromatic nitrogens is 2. The van der Waals surface area contributed by atoms with Gasteiger partial charge in [-0.1, -0.05) is 97.9 Å².